The number of imidazole rings is 1. The first-order valence-electron chi connectivity index (χ1n) is 7.26. The van der Waals surface area contributed by atoms with Crippen LogP contribution in [0.1, 0.15) is 43.5 Å². The van der Waals surface area contributed by atoms with E-state index in [4.69, 9.17) is 0 Å². The zero-order valence-electron chi connectivity index (χ0n) is 12.2. The highest BCUT2D eigenvalue weighted by Gasteiger charge is 2.21. The fourth-order valence-corrected chi connectivity index (χ4v) is 2.38. The standard InChI is InChI=1S/C14H21N5O2/c1-10-12(17-9-16-10)7-18-19-13(20)8-15-14(21)11-5-3-2-4-6-11/h7,9,11H,2-6,8H2,1H3,(H,15,21)(H,16,17)(H,19,20)/b18-7+. The van der Waals surface area contributed by atoms with Gasteiger partial charge in [-0.3, -0.25) is 9.59 Å². The first-order valence-corrected chi connectivity index (χ1v) is 7.26. The lowest BCUT2D eigenvalue weighted by Gasteiger charge is -2.20. The second kappa shape index (κ2) is 7.56. The number of hydrogen-bond acceptors (Lipinski definition) is 4. The van der Waals surface area contributed by atoms with Crippen molar-refractivity contribution in [1.82, 2.24) is 20.7 Å². The van der Waals surface area contributed by atoms with Crippen molar-refractivity contribution in [2.24, 2.45) is 11.0 Å². The van der Waals surface area contributed by atoms with Gasteiger partial charge in [-0.05, 0) is 19.8 Å². The van der Waals surface area contributed by atoms with Crippen LogP contribution in [0.4, 0.5) is 0 Å². The fraction of sp³-hybridized carbons (Fsp3) is 0.571. The van der Waals surface area contributed by atoms with Gasteiger partial charge in [0.25, 0.3) is 5.91 Å². The molecule has 0 saturated heterocycles. The molecule has 1 aliphatic carbocycles. The van der Waals surface area contributed by atoms with Gasteiger partial charge >= 0.3 is 0 Å². The SMILES string of the molecule is Cc1[nH]cnc1/C=N/NC(=O)CNC(=O)C1CCCCC1. The third-order valence-electron chi connectivity index (χ3n) is 3.64. The van der Waals surface area contributed by atoms with Crippen LogP contribution in [0.5, 0.6) is 0 Å². The molecule has 7 heteroatoms. The van der Waals surface area contributed by atoms with Gasteiger partial charge in [-0.25, -0.2) is 10.4 Å². The topological polar surface area (TPSA) is 99.2 Å². The van der Waals surface area contributed by atoms with Crippen molar-refractivity contribution >= 4 is 18.0 Å². The van der Waals surface area contributed by atoms with Crippen molar-refractivity contribution in [1.29, 1.82) is 0 Å². The van der Waals surface area contributed by atoms with Gasteiger partial charge in [-0.15, -0.1) is 0 Å². The molecule has 0 atom stereocenters. The van der Waals surface area contributed by atoms with Crippen molar-refractivity contribution in [3.63, 3.8) is 0 Å². The third-order valence-corrected chi connectivity index (χ3v) is 3.64. The Balaban J connectivity index is 1.68. The molecular weight excluding hydrogens is 270 g/mol. The average Bonchev–Trinajstić information content (AvgIpc) is 2.91. The monoisotopic (exact) mass is 291 g/mol. The Bertz CT molecular complexity index is 517. The number of carbonyl (C=O) groups is 2. The third kappa shape index (κ3) is 4.70. The summed E-state index contributed by atoms with van der Waals surface area (Å²) in [6.07, 6.45) is 8.25. The molecule has 0 spiro atoms. The lowest BCUT2D eigenvalue weighted by Crippen LogP contribution is -2.38. The molecule has 21 heavy (non-hydrogen) atoms. The van der Waals surface area contributed by atoms with Gasteiger partial charge in [0.05, 0.1) is 19.1 Å². The molecule has 1 saturated carbocycles. The van der Waals surface area contributed by atoms with Gasteiger partial charge in [0.1, 0.15) is 5.69 Å². The van der Waals surface area contributed by atoms with E-state index in [1.165, 1.54) is 12.6 Å². The number of aromatic nitrogens is 2. The summed E-state index contributed by atoms with van der Waals surface area (Å²) in [7, 11) is 0. The number of nitrogens with one attached hydrogen (secondary N) is 3. The number of nitrogens with zero attached hydrogens (tertiary/aromatic N) is 2. The van der Waals surface area contributed by atoms with Crippen LogP contribution < -0.4 is 10.7 Å². The van der Waals surface area contributed by atoms with Gasteiger partial charge in [0.2, 0.25) is 5.91 Å². The molecule has 1 aliphatic rings. The summed E-state index contributed by atoms with van der Waals surface area (Å²) in [6, 6.07) is 0. The minimum absolute atomic E-state index is 0.0306. The Morgan fingerprint density at radius 2 is 2.19 bits per heavy atom. The Kier molecular flexibility index (Phi) is 5.48. The maximum Gasteiger partial charge on any atom is 0.259 e. The minimum Gasteiger partial charge on any atom is -0.348 e. The van der Waals surface area contributed by atoms with E-state index < -0.39 is 0 Å². The Morgan fingerprint density at radius 1 is 1.43 bits per heavy atom. The summed E-state index contributed by atoms with van der Waals surface area (Å²) in [4.78, 5) is 30.4. The summed E-state index contributed by atoms with van der Waals surface area (Å²) >= 11 is 0. The Morgan fingerprint density at radius 3 is 2.86 bits per heavy atom. The van der Waals surface area contributed by atoms with E-state index in [2.05, 4.69) is 25.8 Å². The lowest BCUT2D eigenvalue weighted by atomic mass is 9.89. The zero-order valence-corrected chi connectivity index (χ0v) is 12.2. The van der Waals surface area contributed by atoms with Crippen LogP contribution in [0.15, 0.2) is 11.4 Å². The molecule has 7 nitrogen and oxygen atoms in total. The predicted molar refractivity (Wildman–Crippen MR) is 78.6 cm³/mol. The van der Waals surface area contributed by atoms with Crippen LogP contribution >= 0.6 is 0 Å². The van der Waals surface area contributed by atoms with Crippen molar-refractivity contribution in [3.05, 3.63) is 17.7 Å². The van der Waals surface area contributed by atoms with Crippen molar-refractivity contribution < 1.29 is 9.59 Å². The van der Waals surface area contributed by atoms with E-state index in [0.717, 1.165) is 31.4 Å². The van der Waals surface area contributed by atoms with Gasteiger partial charge in [-0.1, -0.05) is 19.3 Å². The molecule has 0 radical (unpaired) electrons. The van der Waals surface area contributed by atoms with Crippen LogP contribution in [0, 0.1) is 12.8 Å². The fourth-order valence-electron chi connectivity index (χ4n) is 2.38. The first-order chi connectivity index (χ1) is 10.2. The molecule has 0 unspecified atom stereocenters. The average molecular weight is 291 g/mol. The van der Waals surface area contributed by atoms with Crippen LogP contribution in [-0.2, 0) is 9.59 Å². The smallest absolute Gasteiger partial charge is 0.259 e. The van der Waals surface area contributed by atoms with Crippen molar-refractivity contribution in [2.75, 3.05) is 6.54 Å². The Hall–Kier alpha value is -2.18. The van der Waals surface area contributed by atoms with Gasteiger partial charge in [0.15, 0.2) is 0 Å². The normalized spacial score (nSPS) is 16.0. The predicted octanol–water partition coefficient (Wildman–Crippen LogP) is 0.865. The van der Waals surface area contributed by atoms with E-state index >= 15 is 0 Å². The van der Waals surface area contributed by atoms with Crippen molar-refractivity contribution in [3.8, 4) is 0 Å². The van der Waals surface area contributed by atoms with E-state index in [1.54, 1.807) is 6.33 Å². The lowest BCUT2D eigenvalue weighted by molar-refractivity contribution is -0.129. The van der Waals surface area contributed by atoms with Crippen LogP contribution in [-0.4, -0.2) is 34.5 Å². The molecular formula is C14H21N5O2. The molecule has 1 fully saturated rings. The number of aryl methyl sites for hydroxylation is 1. The minimum atomic E-state index is -0.344. The van der Waals surface area contributed by atoms with Crippen LogP contribution in [0.2, 0.25) is 0 Å². The molecule has 114 valence electrons. The quantitative estimate of drug-likeness (QED) is 0.554. The van der Waals surface area contributed by atoms with Crippen molar-refractivity contribution in [2.45, 2.75) is 39.0 Å². The van der Waals surface area contributed by atoms with Gasteiger partial charge in [0, 0.05) is 11.6 Å². The van der Waals surface area contributed by atoms with E-state index in [1.807, 2.05) is 6.92 Å². The Labute approximate surface area is 123 Å². The number of aromatic amines is 1. The maximum atomic E-state index is 11.9. The van der Waals surface area contributed by atoms with Crippen LogP contribution in [0.3, 0.4) is 0 Å². The number of amides is 2. The largest absolute Gasteiger partial charge is 0.348 e. The number of hydrazone groups is 1. The van der Waals surface area contributed by atoms with Gasteiger partial charge in [-0.2, -0.15) is 5.10 Å². The summed E-state index contributed by atoms with van der Waals surface area (Å²) in [5, 5.41) is 6.47. The number of hydrogen-bond donors (Lipinski definition) is 3. The second-order valence-corrected chi connectivity index (χ2v) is 5.26. The van der Waals surface area contributed by atoms with E-state index in [0.29, 0.717) is 5.69 Å². The summed E-state index contributed by atoms with van der Waals surface area (Å²) < 4.78 is 0. The molecule has 3 N–H and O–H groups in total. The molecule has 0 aromatic carbocycles. The molecule has 1 aromatic rings. The first kappa shape index (κ1) is 15.2. The van der Waals surface area contributed by atoms with Crippen LogP contribution in [0.25, 0.3) is 0 Å². The van der Waals surface area contributed by atoms with E-state index in [-0.39, 0.29) is 24.3 Å². The molecule has 0 aliphatic heterocycles. The summed E-state index contributed by atoms with van der Waals surface area (Å²) in [5.41, 5.74) is 3.91. The highest BCUT2D eigenvalue weighted by Crippen LogP contribution is 2.23. The number of H-pyrrole nitrogens is 1. The molecule has 0 bridgehead atoms. The van der Waals surface area contributed by atoms with Gasteiger partial charge < -0.3 is 10.3 Å². The molecule has 1 aromatic heterocycles. The molecule has 2 amide bonds. The van der Waals surface area contributed by atoms with E-state index in [9.17, 15) is 9.59 Å². The summed E-state index contributed by atoms with van der Waals surface area (Å²) in [5.74, 6) is -0.317. The molecule has 1 heterocycles. The summed E-state index contributed by atoms with van der Waals surface area (Å²) in [6.45, 7) is 1.81. The second-order valence-electron chi connectivity index (χ2n) is 5.26. The highest BCUT2D eigenvalue weighted by molar-refractivity contribution is 5.86. The maximum absolute atomic E-state index is 11.9. The molecule has 2 rings (SSSR count). The number of rotatable bonds is 5. The highest BCUT2D eigenvalue weighted by atomic mass is 16.2. The zero-order chi connectivity index (χ0) is 15.1. The number of carbonyl (C=O) groups excluding carboxylic acids is 2.